The van der Waals surface area contributed by atoms with Gasteiger partial charge in [0.2, 0.25) is 0 Å². The Hall–Kier alpha value is -2.33. The molecule has 0 aliphatic heterocycles. The second-order valence-corrected chi connectivity index (χ2v) is 3.91. The Bertz CT molecular complexity index is 578. The molecule has 0 amide bonds. The number of hydrogen-bond donors (Lipinski definition) is 2. The first-order chi connectivity index (χ1) is 9.24. The summed E-state index contributed by atoms with van der Waals surface area (Å²) in [5.74, 6) is 0.0147. The largest absolute Gasteiger partial charge is 0.507 e. The van der Waals surface area contributed by atoms with Crippen LogP contribution < -0.4 is 4.74 Å². The minimum atomic E-state index is -0.313. The van der Waals surface area contributed by atoms with Crippen LogP contribution in [-0.2, 0) is 0 Å². The predicted octanol–water partition coefficient (Wildman–Crippen LogP) is 1.99. The maximum absolute atomic E-state index is 12.3. The third kappa shape index (κ3) is 2.92. The molecule has 2 aromatic carbocycles. The van der Waals surface area contributed by atoms with Crippen LogP contribution in [0, 0.1) is 0 Å². The van der Waals surface area contributed by atoms with Gasteiger partial charge in [0.05, 0.1) is 17.7 Å². The summed E-state index contributed by atoms with van der Waals surface area (Å²) in [5, 5.41) is 18.5. The molecule has 0 atom stereocenters. The number of aliphatic hydroxyl groups excluding tert-OH is 1. The zero-order valence-corrected chi connectivity index (χ0v) is 10.2. The van der Waals surface area contributed by atoms with Crippen LogP contribution in [0.4, 0.5) is 0 Å². The van der Waals surface area contributed by atoms with Crippen LogP contribution in [0.25, 0.3) is 0 Å². The molecule has 0 spiro atoms. The van der Waals surface area contributed by atoms with Crippen molar-refractivity contribution in [2.45, 2.75) is 0 Å². The lowest BCUT2D eigenvalue weighted by atomic mass is 10.0. The van der Waals surface area contributed by atoms with Gasteiger partial charge in [-0.1, -0.05) is 24.3 Å². The molecule has 0 fully saturated rings. The van der Waals surface area contributed by atoms with Gasteiger partial charge in [-0.05, 0) is 24.3 Å². The van der Waals surface area contributed by atoms with Crippen LogP contribution in [0.1, 0.15) is 15.9 Å². The van der Waals surface area contributed by atoms with Gasteiger partial charge < -0.3 is 14.9 Å². The van der Waals surface area contributed by atoms with E-state index in [1.807, 2.05) is 0 Å². The summed E-state index contributed by atoms with van der Waals surface area (Å²) in [6, 6.07) is 13.1. The van der Waals surface area contributed by atoms with E-state index in [9.17, 15) is 9.90 Å². The summed E-state index contributed by atoms with van der Waals surface area (Å²) in [7, 11) is 0. The van der Waals surface area contributed by atoms with Crippen molar-refractivity contribution in [2.24, 2.45) is 0 Å². The molecular weight excluding hydrogens is 244 g/mol. The van der Waals surface area contributed by atoms with Crippen LogP contribution in [0.15, 0.2) is 48.5 Å². The average molecular weight is 258 g/mol. The second kappa shape index (κ2) is 6.02. The summed E-state index contributed by atoms with van der Waals surface area (Å²) in [4.78, 5) is 12.3. The Balaban J connectivity index is 2.36. The van der Waals surface area contributed by atoms with E-state index in [4.69, 9.17) is 9.84 Å². The summed E-state index contributed by atoms with van der Waals surface area (Å²) in [6.45, 7) is -0.00975. The van der Waals surface area contributed by atoms with Crippen molar-refractivity contribution in [2.75, 3.05) is 13.2 Å². The van der Waals surface area contributed by atoms with Crippen molar-refractivity contribution in [1.82, 2.24) is 0 Å². The van der Waals surface area contributed by atoms with E-state index in [1.54, 1.807) is 42.5 Å². The lowest BCUT2D eigenvalue weighted by Crippen LogP contribution is -2.08. The van der Waals surface area contributed by atoms with Crippen LogP contribution in [0.5, 0.6) is 11.5 Å². The number of phenols is 1. The first kappa shape index (κ1) is 13.1. The van der Waals surface area contributed by atoms with Crippen molar-refractivity contribution in [1.29, 1.82) is 0 Å². The number of carbonyl (C=O) groups is 1. The molecule has 4 heteroatoms. The number of aliphatic hydroxyl groups is 1. The molecule has 4 nitrogen and oxygen atoms in total. The monoisotopic (exact) mass is 258 g/mol. The Morgan fingerprint density at radius 1 is 1.00 bits per heavy atom. The van der Waals surface area contributed by atoms with Gasteiger partial charge in [0.25, 0.3) is 0 Å². The van der Waals surface area contributed by atoms with E-state index in [0.29, 0.717) is 11.3 Å². The number of ketones is 1. The van der Waals surface area contributed by atoms with Gasteiger partial charge in [0.15, 0.2) is 5.78 Å². The topological polar surface area (TPSA) is 66.8 Å². The van der Waals surface area contributed by atoms with Crippen molar-refractivity contribution in [3.05, 3.63) is 59.7 Å². The molecular formula is C15H14O4. The number of para-hydroxylation sites is 2. The zero-order valence-electron chi connectivity index (χ0n) is 10.2. The highest BCUT2D eigenvalue weighted by Crippen LogP contribution is 2.25. The van der Waals surface area contributed by atoms with Crippen molar-refractivity contribution >= 4 is 5.78 Å². The van der Waals surface area contributed by atoms with Crippen molar-refractivity contribution < 1.29 is 19.7 Å². The first-order valence-corrected chi connectivity index (χ1v) is 5.89. The van der Waals surface area contributed by atoms with E-state index < -0.39 is 0 Å². The molecule has 0 aliphatic rings. The molecule has 2 N–H and O–H groups in total. The van der Waals surface area contributed by atoms with Crippen molar-refractivity contribution in [3.8, 4) is 11.5 Å². The summed E-state index contributed by atoms with van der Waals surface area (Å²) in [5.41, 5.74) is 0.583. The van der Waals surface area contributed by atoms with Gasteiger partial charge in [-0.15, -0.1) is 0 Å². The van der Waals surface area contributed by atoms with Crippen LogP contribution in [-0.4, -0.2) is 29.2 Å². The molecule has 0 saturated carbocycles. The molecule has 0 aliphatic carbocycles. The maximum atomic E-state index is 12.3. The van der Waals surface area contributed by atoms with E-state index in [1.165, 1.54) is 6.07 Å². The molecule has 0 aromatic heterocycles. The normalized spacial score (nSPS) is 10.2. The number of phenolic OH excluding ortho intramolecular Hbond substituents is 1. The summed E-state index contributed by atoms with van der Waals surface area (Å²) in [6.07, 6.45) is 0. The highest BCUT2D eigenvalue weighted by Gasteiger charge is 2.16. The minimum absolute atomic E-state index is 0.0653. The van der Waals surface area contributed by atoms with E-state index in [2.05, 4.69) is 0 Å². The molecule has 0 saturated heterocycles. The number of hydrogen-bond acceptors (Lipinski definition) is 4. The number of ether oxygens (including phenoxy) is 1. The third-order valence-electron chi connectivity index (χ3n) is 2.63. The van der Waals surface area contributed by atoms with Gasteiger partial charge in [-0.2, -0.15) is 0 Å². The van der Waals surface area contributed by atoms with Crippen LogP contribution >= 0.6 is 0 Å². The van der Waals surface area contributed by atoms with Gasteiger partial charge in [0, 0.05) is 0 Å². The van der Waals surface area contributed by atoms with Gasteiger partial charge in [-0.25, -0.2) is 0 Å². The zero-order chi connectivity index (χ0) is 13.7. The van der Waals surface area contributed by atoms with Crippen LogP contribution in [0.2, 0.25) is 0 Å². The summed E-state index contributed by atoms with van der Waals surface area (Å²) >= 11 is 0. The first-order valence-electron chi connectivity index (χ1n) is 5.89. The highest BCUT2D eigenvalue weighted by molar-refractivity contribution is 6.12. The Morgan fingerprint density at radius 2 is 1.63 bits per heavy atom. The summed E-state index contributed by atoms with van der Waals surface area (Å²) < 4.78 is 5.32. The maximum Gasteiger partial charge on any atom is 0.200 e. The molecule has 0 radical (unpaired) electrons. The lowest BCUT2D eigenvalue weighted by Gasteiger charge is -2.10. The number of carbonyl (C=O) groups excluding carboxylic acids is 1. The van der Waals surface area contributed by atoms with E-state index >= 15 is 0 Å². The molecule has 19 heavy (non-hydrogen) atoms. The van der Waals surface area contributed by atoms with Gasteiger partial charge >= 0.3 is 0 Å². The molecule has 0 heterocycles. The van der Waals surface area contributed by atoms with E-state index in [-0.39, 0.29) is 30.3 Å². The van der Waals surface area contributed by atoms with Crippen LogP contribution in [0.3, 0.4) is 0 Å². The fourth-order valence-electron chi connectivity index (χ4n) is 1.75. The second-order valence-electron chi connectivity index (χ2n) is 3.91. The third-order valence-corrected chi connectivity index (χ3v) is 2.63. The number of rotatable bonds is 5. The van der Waals surface area contributed by atoms with Crippen molar-refractivity contribution in [3.63, 3.8) is 0 Å². The minimum Gasteiger partial charge on any atom is -0.507 e. The Kier molecular flexibility index (Phi) is 4.15. The smallest absolute Gasteiger partial charge is 0.200 e. The average Bonchev–Trinajstić information content (AvgIpc) is 2.45. The fraction of sp³-hybridized carbons (Fsp3) is 0.133. The molecule has 2 aromatic rings. The molecule has 0 unspecified atom stereocenters. The molecule has 0 bridgehead atoms. The standard InChI is InChI=1S/C15H14O4/c16-9-10-19-14-8-4-2-6-12(14)15(18)11-5-1-3-7-13(11)17/h1-8,16-17H,9-10H2. The Morgan fingerprint density at radius 3 is 2.32 bits per heavy atom. The molecule has 98 valence electrons. The van der Waals surface area contributed by atoms with Gasteiger partial charge in [-0.3, -0.25) is 4.79 Å². The predicted molar refractivity (Wildman–Crippen MR) is 70.6 cm³/mol. The van der Waals surface area contributed by atoms with E-state index in [0.717, 1.165) is 0 Å². The Labute approximate surface area is 110 Å². The number of aromatic hydroxyl groups is 1. The molecule has 2 rings (SSSR count). The lowest BCUT2D eigenvalue weighted by molar-refractivity contribution is 0.103. The van der Waals surface area contributed by atoms with Gasteiger partial charge in [0.1, 0.15) is 18.1 Å². The highest BCUT2D eigenvalue weighted by atomic mass is 16.5. The SMILES string of the molecule is O=C(c1ccccc1O)c1ccccc1OCCO. The quantitative estimate of drug-likeness (QED) is 0.805. The number of benzene rings is 2. The fourth-order valence-corrected chi connectivity index (χ4v) is 1.75.